The minimum absolute atomic E-state index is 0.0219. The van der Waals surface area contributed by atoms with Gasteiger partial charge in [0.15, 0.2) is 0 Å². The van der Waals surface area contributed by atoms with Crippen LogP contribution in [0.3, 0.4) is 0 Å². The van der Waals surface area contributed by atoms with Gasteiger partial charge in [0, 0.05) is 19.3 Å². The molecule has 4 atom stereocenters. The second-order valence-electron chi connectivity index (χ2n) is 7.92. The number of carboxylic acids is 2. The van der Waals surface area contributed by atoms with Crippen LogP contribution in [-0.2, 0) is 35.2 Å². The van der Waals surface area contributed by atoms with Crippen LogP contribution in [0.2, 0.25) is 0 Å². The van der Waals surface area contributed by atoms with Crippen LogP contribution in [0, 0.1) is 0 Å². The summed E-state index contributed by atoms with van der Waals surface area (Å²) in [4.78, 5) is 70.9. The van der Waals surface area contributed by atoms with Crippen molar-refractivity contribution in [2.75, 3.05) is 0 Å². The standard InChI is InChI=1S/C22H31N5O8/c1-12(19(31)27-16(22(34)35)11-13-5-3-2-4-6-13)25-21(33)15(8-9-17(24)28)26-20(32)14(23)7-10-18(29)30/h2-6,12,14-16H,7-11,23H2,1H3,(H2,24,28)(H,25,33)(H,26,32)(H,27,31)(H,29,30)(H,34,35). The maximum atomic E-state index is 12.7. The molecule has 4 unspecified atom stereocenters. The molecular weight excluding hydrogens is 462 g/mol. The number of carboxylic acid groups (broad SMARTS) is 2. The molecule has 9 N–H and O–H groups in total. The molecule has 4 amide bonds. The summed E-state index contributed by atoms with van der Waals surface area (Å²) in [5.41, 5.74) is 11.4. The van der Waals surface area contributed by atoms with Gasteiger partial charge in [0.2, 0.25) is 23.6 Å². The third-order valence-electron chi connectivity index (χ3n) is 4.97. The van der Waals surface area contributed by atoms with E-state index in [0.29, 0.717) is 5.56 Å². The molecule has 1 aromatic rings. The first kappa shape index (κ1) is 29.0. The molecule has 0 fully saturated rings. The average molecular weight is 494 g/mol. The molecule has 0 heterocycles. The normalized spacial score (nSPS) is 14.0. The number of amides is 4. The maximum absolute atomic E-state index is 12.7. The molecule has 0 bridgehead atoms. The fraction of sp³-hybridized carbons (Fsp3) is 0.455. The van der Waals surface area contributed by atoms with Crippen LogP contribution in [0.15, 0.2) is 30.3 Å². The summed E-state index contributed by atoms with van der Waals surface area (Å²) in [6, 6.07) is 3.70. The van der Waals surface area contributed by atoms with Crippen LogP contribution in [0.4, 0.5) is 0 Å². The Kier molecular flexibility index (Phi) is 11.9. The fourth-order valence-corrected chi connectivity index (χ4v) is 2.97. The summed E-state index contributed by atoms with van der Waals surface area (Å²) >= 11 is 0. The third kappa shape index (κ3) is 11.1. The predicted molar refractivity (Wildman–Crippen MR) is 123 cm³/mol. The van der Waals surface area contributed by atoms with E-state index in [2.05, 4.69) is 16.0 Å². The van der Waals surface area contributed by atoms with Crippen molar-refractivity contribution in [2.45, 2.75) is 63.2 Å². The highest BCUT2D eigenvalue weighted by atomic mass is 16.4. The summed E-state index contributed by atoms with van der Waals surface area (Å²) in [6.07, 6.45) is -0.978. The van der Waals surface area contributed by atoms with Gasteiger partial charge in [-0.1, -0.05) is 30.3 Å². The van der Waals surface area contributed by atoms with E-state index < -0.39 is 59.7 Å². The number of carbonyl (C=O) groups is 6. The summed E-state index contributed by atoms with van der Waals surface area (Å²) in [5.74, 6) is -5.57. The Hall–Kier alpha value is -4.00. The van der Waals surface area contributed by atoms with Crippen LogP contribution < -0.4 is 27.4 Å². The van der Waals surface area contributed by atoms with Crippen LogP contribution in [0.25, 0.3) is 0 Å². The van der Waals surface area contributed by atoms with Gasteiger partial charge in [0.05, 0.1) is 6.04 Å². The molecule has 0 aliphatic rings. The van der Waals surface area contributed by atoms with Crippen molar-refractivity contribution in [3.05, 3.63) is 35.9 Å². The summed E-state index contributed by atoms with van der Waals surface area (Å²) in [6.45, 7) is 1.32. The number of carbonyl (C=O) groups excluding carboxylic acids is 4. The summed E-state index contributed by atoms with van der Waals surface area (Å²) in [7, 11) is 0. The first-order chi connectivity index (χ1) is 16.4. The van der Waals surface area contributed by atoms with Crippen molar-refractivity contribution in [3.8, 4) is 0 Å². The lowest BCUT2D eigenvalue weighted by Crippen LogP contribution is -2.56. The maximum Gasteiger partial charge on any atom is 0.326 e. The first-order valence-corrected chi connectivity index (χ1v) is 10.8. The number of nitrogens with one attached hydrogen (secondary N) is 3. The highest BCUT2D eigenvalue weighted by Gasteiger charge is 2.28. The molecule has 1 rings (SSSR count). The lowest BCUT2D eigenvalue weighted by Gasteiger charge is -2.23. The quantitative estimate of drug-likeness (QED) is 0.146. The lowest BCUT2D eigenvalue weighted by atomic mass is 10.1. The SMILES string of the molecule is CC(NC(=O)C(CCC(N)=O)NC(=O)C(N)CCC(=O)O)C(=O)NC(Cc1ccccc1)C(=O)O. The highest BCUT2D eigenvalue weighted by molar-refractivity contribution is 5.94. The van der Waals surface area contributed by atoms with E-state index >= 15 is 0 Å². The zero-order chi connectivity index (χ0) is 26.5. The van der Waals surface area contributed by atoms with Gasteiger partial charge < -0.3 is 37.6 Å². The van der Waals surface area contributed by atoms with Crippen molar-refractivity contribution in [3.63, 3.8) is 0 Å². The highest BCUT2D eigenvalue weighted by Crippen LogP contribution is 2.05. The van der Waals surface area contributed by atoms with Gasteiger partial charge in [-0.05, 0) is 25.3 Å². The van der Waals surface area contributed by atoms with E-state index in [0.717, 1.165) is 0 Å². The molecule has 1 aromatic carbocycles. The van der Waals surface area contributed by atoms with Gasteiger partial charge in [-0.15, -0.1) is 0 Å². The smallest absolute Gasteiger partial charge is 0.326 e. The van der Waals surface area contributed by atoms with Crippen molar-refractivity contribution in [1.82, 2.24) is 16.0 Å². The molecule has 0 saturated carbocycles. The van der Waals surface area contributed by atoms with Crippen molar-refractivity contribution in [2.24, 2.45) is 11.5 Å². The first-order valence-electron chi connectivity index (χ1n) is 10.8. The third-order valence-corrected chi connectivity index (χ3v) is 4.97. The number of primary amides is 1. The second kappa shape index (κ2) is 14.3. The number of benzene rings is 1. The van der Waals surface area contributed by atoms with E-state index in [9.17, 15) is 33.9 Å². The lowest BCUT2D eigenvalue weighted by molar-refractivity contribution is -0.142. The van der Waals surface area contributed by atoms with E-state index in [-0.39, 0.29) is 32.1 Å². The minimum Gasteiger partial charge on any atom is -0.481 e. The molecule has 0 aromatic heterocycles. The van der Waals surface area contributed by atoms with Crippen molar-refractivity contribution < 1.29 is 39.0 Å². The van der Waals surface area contributed by atoms with E-state index in [1.807, 2.05) is 0 Å². The molecule has 0 spiro atoms. The summed E-state index contributed by atoms with van der Waals surface area (Å²) in [5, 5.41) is 25.2. The van der Waals surface area contributed by atoms with Crippen LogP contribution >= 0.6 is 0 Å². The Balaban J connectivity index is 2.79. The molecule has 0 aliphatic heterocycles. The van der Waals surface area contributed by atoms with Crippen LogP contribution in [0.1, 0.15) is 38.2 Å². The van der Waals surface area contributed by atoms with Gasteiger partial charge in [0.1, 0.15) is 18.1 Å². The molecule has 35 heavy (non-hydrogen) atoms. The number of hydrogen-bond acceptors (Lipinski definition) is 7. The molecular formula is C22H31N5O8. The Bertz CT molecular complexity index is 924. The zero-order valence-corrected chi connectivity index (χ0v) is 19.2. The number of aliphatic carboxylic acids is 2. The zero-order valence-electron chi connectivity index (χ0n) is 19.2. The Morgan fingerprint density at radius 3 is 1.97 bits per heavy atom. The topological polar surface area (TPSA) is 231 Å². The average Bonchev–Trinajstić information content (AvgIpc) is 2.79. The largest absolute Gasteiger partial charge is 0.481 e. The summed E-state index contributed by atoms with van der Waals surface area (Å²) < 4.78 is 0. The molecule has 0 saturated heterocycles. The van der Waals surface area contributed by atoms with E-state index in [4.69, 9.17) is 16.6 Å². The van der Waals surface area contributed by atoms with Crippen molar-refractivity contribution in [1.29, 1.82) is 0 Å². The molecule has 0 aliphatic carbocycles. The van der Waals surface area contributed by atoms with Gasteiger partial charge in [-0.25, -0.2) is 4.79 Å². The number of hydrogen-bond donors (Lipinski definition) is 7. The predicted octanol–water partition coefficient (Wildman–Crippen LogP) is -1.75. The number of nitrogens with two attached hydrogens (primary N) is 2. The van der Waals surface area contributed by atoms with Crippen LogP contribution in [-0.4, -0.2) is 69.9 Å². The van der Waals surface area contributed by atoms with Gasteiger partial charge in [-0.2, -0.15) is 0 Å². The Morgan fingerprint density at radius 1 is 0.829 bits per heavy atom. The Labute approximate surface area is 201 Å². The monoisotopic (exact) mass is 493 g/mol. The molecule has 192 valence electrons. The van der Waals surface area contributed by atoms with E-state index in [1.54, 1.807) is 30.3 Å². The van der Waals surface area contributed by atoms with Gasteiger partial charge in [-0.3, -0.25) is 24.0 Å². The number of rotatable bonds is 15. The molecule has 13 heteroatoms. The minimum atomic E-state index is -1.29. The molecule has 0 radical (unpaired) electrons. The van der Waals surface area contributed by atoms with Gasteiger partial charge >= 0.3 is 11.9 Å². The second-order valence-corrected chi connectivity index (χ2v) is 7.92. The van der Waals surface area contributed by atoms with E-state index in [1.165, 1.54) is 6.92 Å². The Morgan fingerprint density at radius 2 is 1.43 bits per heavy atom. The van der Waals surface area contributed by atoms with Crippen molar-refractivity contribution >= 4 is 35.6 Å². The van der Waals surface area contributed by atoms with Gasteiger partial charge in [0.25, 0.3) is 0 Å². The fourth-order valence-electron chi connectivity index (χ4n) is 2.97. The van der Waals surface area contributed by atoms with Crippen LogP contribution in [0.5, 0.6) is 0 Å². The molecule has 13 nitrogen and oxygen atoms in total.